The summed E-state index contributed by atoms with van der Waals surface area (Å²) in [6.07, 6.45) is 1.95. The second-order valence-corrected chi connectivity index (χ2v) is 11.5. The van der Waals surface area contributed by atoms with Crippen molar-refractivity contribution in [1.29, 1.82) is 0 Å². The van der Waals surface area contributed by atoms with Crippen molar-refractivity contribution in [1.82, 2.24) is 0 Å². The number of Topliss-reactive ketones (excluding diaryl/α,β-unsaturated/α-hetero) is 1. The highest BCUT2D eigenvalue weighted by molar-refractivity contribution is 6.28. The van der Waals surface area contributed by atoms with E-state index in [0.29, 0.717) is 12.0 Å². The van der Waals surface area contributed by atoms with E-state index in [-0.39, 0.29) is 54.6 Å². The molecule has 9 atom stereocenters. The van der Waals surface area contributed by atoms with Crippen molar-refractivity contribution >= 4 is 29.1 Å². The maximum atomic E-state index is 15.5. The Morgan fingerprint density at radius 1 is 1.25 bits per heavy atom. The zero-order chi connectivity index (χ0) is 23.6. The van der Waals surface area contributed by atoms with Crippen LogP contribution < -0.4 is 0 Å². The minimum absolute atomic E-state index is 0.0172. The molecule has 0 bridgehead atoms. The summed E-state index contributed by atoms with van der Waals surface area (Å²) < 4.78 is 15.5. The average molecular weight is 469 g/mol. The van der Waals surface area contributed by atoms with Gasteiger partial charge in [0, 0.05) is 11.8 Å². The van der Waals surface area contributed by atoms with Gasteiger partial charge in [-0.25, -0.2) is 4.39 Å². The number of carboxylic acid groups (broad SMARTS) is 1. The van der Waals surface area contributed by atoms with Crippen molar-refractivity contribution in [3.63, 3.8) is 0 Å². The summed E-state index contributed by atoms with van der Waals surface area (Å²) in [5, 5.41) is 19.7. The van der Waals surface area contributed by atoms with Gasteiger partial charge in [0.25, 0.3) is 0 Å². The van der Waals surface area contributed by atoms with Crippen molar-refractivity contribution in [3.8, 4) is 0 Å². The first-order valence-electron chi connectivity index (χ1n) is 11.8. The third kappa shape index (κ3) is 3.08. The fourth-order valence-corrected chi connectivity index (χ4v) is 9.00. The van der Waals surface area contributed by atoms with E-state index in [0.717, 1.165) is 19.3 Å². The van der Waals surface area contributed by atoms with Crippen molar-refractivity contribution in [3.05, 3.63) is 11.6 Å². The predicted molar refractivity (Wildman–Crippen MR) is 118 cm³/mol. The summed E-state index contributed by atoms with van der Waals surface area (Å²) in [6, 6.07) is 0. The molecule has 0 spiro atoms. The number of carboxylic acids is 1. The standard InChI is InChI=1S/C25H34ClFO5/c1-13-8-16-14-9-18(27)17-10-19(28)20(29)11-23(17,2)15(14)4-6-24(16,3)25(13,21(30)12-26)7-5-22(31)32/h10,13-16,18,20,29H,4-9,11-12H2,1-3H3,(H,31,32)/t13-,14+,15-,16-,18-,20?,23+,24-,25+/m0/s1. The summed E-state index contributed by atoms with van der Waals surface area (Å²) in [4.78, 5) is 36.9. The quantitative estimate of drug-likeness (QED) is 0.585. The molecule has 2 N–H and O–H groups in total. The van der Waals surface area contributed by atoms with Gasteiger partial charge in [0.05, 0.1) is 5.88 Å². The van der Waals surface area contributed by atoms with Gasteiger partial charge in [-0.3, -0.25) is 14.4 Å². The summed E-state index contributed by atoms with van der Waals surface area (Å²) in [5.74, 6) is -1.40. The van der Waals surface area contributed by atoms with Crippen LogP contribution in [-0.2, 0) is 14.4 Å². The van der Waals surface area contributed by atoms with Crippen LogP contribution in [0.5, 0.6) is 0 Å². The lowest BCUT2D eigenvalue weighted by Gasteiger charge is -2.60. The van der Waals surface area contributed by atoms with E-state index in [1.165, 1.54) is 6.08 Å². The van der Waals surface area contributed by atoms with E-state index in [1.807, 2.05) is 13.8 Å². The van der Waals surface area contributed by atoms with Crippen LogP contribution in [0.15, 0.2) is 11.6 Å². The molecule has 1 unspecified atom stereocenters. The van der Waals surface area contributed by atoms with Crippen LogP contribution in [0, 0.1) is 39.9 Å². The van der Waals surface area contributed by atoms with E-state index in [9.17, 15) is 24.6 Å². The zero-order valence-electron chi connectivity index (χ0n) is 19.1. The number of aliphatic carboxylic acids is 1. The Bertz CT molecular complexity index is 872. The van der Waals surface area contributed by atoms with Gasteiger partial charge in [0.15, 0.2) is 11.6 Å². The van der Waals surface area contributed by atoms with Gasteiger partial charge in [-0.1, -0.05) is 20.8 Å². The predicted octanol–water partition coefficient (Wildman–Crippen LogP) is 4.34. The smallest absolute Gasteiger partial charge is 0.303 e. The molecule has 4 aliphatic carbocycles. The first-order chi connectivity index (χ1) is 14.9. The molecular formula is C25H34ClFO5. The molecule has 0 aromatic carbocycles. The van der Waals surface area contributed by atoms with Gasteiger partial charge < -0.3 is 10.2 Å². The summed E-state index contributed by atoms with van der Waals surface area (Å²) in [7, 11) is 0. The van der Waals surface area contributed by atoms with Crippen LogP contribution in [0.2, 0.25) is 0 Å². The molecule has 0 aromatic heterocycles. The SMILES string of the molecule is C[C@H]1C[C@H]2[C@@H]3C[C@H](F)C4=CC(=O)C(O)C[C@]4(C)[C@H]3CC[C@]2(C)[C@@]1(CCC(=O)O)C(=O)CCl. The number of hydrogen-bond acceptors (Lipinski definition) is 4. The number of carbonyl (C=O) groups excluding carboxylic acids is 2. The molecule has 7 heteroatoms. The number of fused-ring (bicyclic) bond motifs is 5. The molecule has 3 fully saturated rings. The highest BCUT2D eigenvalue weighted by Crippen LogP contribution is 2.72. The van der Waals surface area contributed by atoms with E-state index in [1.54, 1.807) is 0 Å². The maximum Gasteiger partial charge on any atom is 0.303 e. The first kappa shape index (κ1) is 23.9. The third-order valence-electron chi connectivity index (χ3n) is 10.2. The highest BCUT2D eigenvalue weighted by Gasteiger charge is 2.69. The number of carbonyl (C=O) groups is 3. The molecule has 0 aromatic rings. The lowest BCUT2D eigenvalue weighted by molar-refractivity contribution is -0.150. The van der Waals surface area contributed by atoms with Crippen LogP contribution >= 0.6 is 11.6 Å². The Morgan fingerprint density at radius 2 is 1.94 bits per heavy atom. The number of ketones is 2. The lowest BCUT2D eigenvalue weighted by atomic mass is 9.44. The van der Waals surface area contributed by atoms with Gasteiger partial charge in [0.2, 0.25) is 0 Å². The number of aliphatic hydroxyl groups excluding tert-OH is 1. The van der Waals surface area contributed by atoms with E-state index >= 15 is 4.39 Å². The van der Waals surface area contributed by atoms with Gasteiger partial charge in [-0.05, 0) is 84.7 Å². The molecule has 0 heterocycles. The second-order valence-electron chi connectivity index (χ2n) is 11.2. The summed E-state index contributed by atoms with van der Waals surface area (Å²) >= 11 is 6.07. The van der Waals surface area contributed by atoms with E-state index < -0.39 is 40.3 Å². The molecule has 0 radical (unpaired) electrons. The number of halogens is 2. The lowest BCUT2D eigenvalue weighted by Crippen LogP contribution is -2.57. The first-order valence-corrected chi connectivity index (χ1v) is 12.3. The van der Waals surface area contributed by atoms with Crippen molar-refractivity contribution in [2.45, 2.75) is 78.0 Å². The van der Waals surface area contributed by atoms with E-state index in [2.05, 4.69) is 6.92 Å². The highest BCUT2D eigenvalue weighted by atomic mass is 35.5. The molecule has 0 amide bonds. The Hall–Kier alpha value is -1.27. The minimum atomic E-state index is -1.24. The molecule has 178 valence electrons. The molecule has 32 heavy (non-hydrogen) atoms. The molecule has 4 rings (SSSR count). The Kier molecular flexibility index (Phi) is 5.89. The Labute approximate surface area is 193 Å². The number of aliphatic hydroxyl groups is 1. The summed E-state index contributed by atoms with van der Waals surface area (Å²) in [6.45, 7) is 6.11. The third-order valence-corrected chi connectivity index (χ3v) is 10.4. The molecule has 0 aliphatic heterocycles. The van der Waals surface area contributed by atoms with E-state index in [4.69, 9.17) is 11.6 Å². The average Bonchev–Trinajstić information content (AvgIpc) is 2.95. The van der Waals surface area contributed by atoms with Crippen LogP contribution in [0.25, 0.3) is 0 Å². The van der Waals surface area contributed by atoms with Crippen LogP contribution in [0.4, 0.5) is 4.39 Å². The van der Waals surface area contributed by atoms with Gasteiger partial charge in [0.1, 0.15) is 12.3 Å². The topological polar surface area (TPSA) is 91.7 Å². The monoisotopic (exact) mass is 468 g/mol. The largest absolute Gasteiger partial charge is 0.481 e. The van der Waals surface area contributed by atoms with Crippen LogP contribution in [-0.4, -0.2) is 45.9 Å². The molecule has 4 aliphatic rings. The van der Waals surface area contributed by atoms with Crippen LogP contribution in [0.1, 0.15) is 65.7 Å². The second kappa shape index (κ2) is 7.90. The van der Waals surface area contributed by atoms with Crippen molar-refractivity contribution in [2.24, 2.45) is 39.9 Å². The molecular weight excluding hydrogens is 435 g/mol. The number of rotatable bonds is 5. The molecule has 3 saturated carbocycles. The number of hydrogen-bond donors (Lipinski definition) is 2. The molecule has 0 saturated heterocycles. The zero-order valence-corrected chi connectivity index (χ0v) is 19.8. The van der Waals surface area contributed by atoms with Crippen molar-refractivity contribution in [2.75, 3.05) is 5.88 Å². The maximum absolute atomic E-state index is 15.5. The normalized spacial score (nSPS) is 47.8. The fourth-order valence-electron chi connectivity index (χ4n) is 8.76. The fraction of sp³-hybridized carbons (Fsp3) is 0.800. The van der Waals surface area contributed by atoms with Gasteiger partial charge >= 0.3 is 5.97 Å². The van der Waals surface area contributed by atoms with Gasteiger partial charge in [-0.2, -0.15) is 0 Å². The summed E-state index contributed by atoms with van der Waals surface area (Å²) in [5.41, 5.74) is -1.33. The Morgan fingerprint density at radius 3 is 2.56 bits per heavy atom. The number of alkyl halides is 2. The van der Waals surface area contributed by atoms with Crippen LogP contribution in [0.3, 0.4) is 0 Å². The minimum Gasteiger partial charge on any atom is -0.481 e. The van der Waals surface area contributed by atoms with Crippen molar-refractivity contribution < 1.29 is 29.0 Å². The molecule has 5 nitrogen and oxygen atoms in total. The Balaban J connectivity index is 1.76. The number of allylic oxidation sites excluding steroid dienone is 1. The van der Waals surface area contributed by atoms with Gasteiger partial charge in [-0.15, -0.1) is 11.6 Å².